The largest absolute Gasteiger partial charge is 0.491 e. The monoisotopic (exact) mass is 140 g/mol. The summed E-state index contributed by atoms with van der Waals surface area (Å²) in [5.74, 6) is 0.851. The second-order valence-electron chi connectivity index (χ2n) is 1.96. The van der Waals surface area contributed by atoms with Gasteiger partial charge in [-0.05, 0) is 13.8 Å². The summed E-state index contributed by atoms with van der Waals surface area (Å²) in [6.07, 6.45) is 3.62. The molecule has 3 heteroatoms. The average molecular weight is 140 g/mol. The normalized spacial score (nSPS) is 9.80. The van der Waals surface area contributed by atoms with Crippen LogP contribution >= 0.6 is 0 Å². The number of aryl methyl sites for hydroxylation is 1. The summed E-state index contributed by atoms with van der Waals surface area (Å²) in [4.78, 5) is 0. The lowest BCUT2D eigenvalue weighted by Crippen LogP contribution is -1.92. The van der Waals surface area contributed by atoms with Crippen LogP contribution in [0.1, 0.15) is 13.8 Å². The molecule has 0 aromatic carbocycles. The van der Waals surface area contributed by atoms with Crippen LogP contribution in [0.2, 0.25) is 0 Å². The maximum absolute atomic E-state index is 5.20. The Morgan fingerprint density at radius 1 is 1.60 bits per heavy atom. The molecular weight excluding hydrogens is 128 g/mol. The van der Waals surface area contributed by atoms with E-state index < -0.39 is 0 Å². The Labute approximate surface area is 60.6 Å². The van der Waals surface area contributed by atoms with Gasteiger partial charge in [0, 0.05) is 6.54 Å². The van der Waals surface area contributed by atoms with Crippen molar-refractivity contribution in [1.82, 2.24) is 9.78 Å². The fourth-order valence-electron chi connectivity index (χ4n) is 0.759. The summed E-state index contributed by atoms with van der Waals surface area (Å²) >= 11 is 0. The maximum Gasteiger partial charge on any atom is 0.157 e. The molecule has 1 aromatic rings. The standard InChI is InChI=1S/C7H12N2O/c1-3-9-6-7(5-8-9)10-4-2/h5-6H,3-4H2,1-2H3. The van der Waals surface area contributed by atoms with Crippen LogP contribution in [-0.2, 0) is 6.54 Å². The van der Waals surface area contributed by atoms with Crippen LogP contribution in [-0.4, -0.2) is 16.4 Å². The first-order valence-corrected chi connectivity index (χ1v) is 3.52. The number of ether oxygens (including phenoxy) is 1. The predicted molar refractivity (Wildman–Crippen MR) is 39.1 cm³/mol. The molecule has 0 radical (unpaired) electrons. The lowest BCUT2D eigenvalue weighted by molar-refractivity contribution is 0.339. The van der Waals surface area contributed by atoms with Crippen molar-refractivity contribution in [2.24, 2.45) is 0 Å². The van der Waals surface area contributed by atoms with Gasteiger partial charge < -0.3 is 4.74 Å². The van der Waals surface area contributed by atoms with Crippen LogP contribution in [0.25, 0.3) is 0 Å². The Morgan fingerprint density at radius 3 is 2.90 bits per heavy atom. The van der Waals surface area contributed by atoms with Crippen molar-refractivity contribution >= 4 is 0 Å². The SMILES string of the molecule is CCOc1cnn(CC)c1. The van der Waals surface area contributed by atoms with E-state index in [1.165, 1.54) is 0 Å². The van der Waals surface area contributed by atoms with Gasteiger partial charge in [-0.1, -0.05) is 0 Å². The Hall–Kier alpha value is -0.990. The Kier molecular flexibility index (Phi) is 2.31. The lowest BCUT2D eigenvalue weighted by Gasteiger charge is -1.94. The highest BCUT2D eigenvalue weighted by atomic mass is 16.5. The van der Waals surface area contributed by atoms with E-state index >= 15 is 0 Å². The van der Waals surface area contributed by atoms with Crippen LogP contribution in [0.5, 0.6) is 5.75 Å². The zero-order valence-corrected chi connectivity index (χ0v) is 6.37. The summed E-state index contributed by atoms with van der Waals surface area (Å²) in [5, 5.41) is 4.04. The Morgan fingerprint density at radius 2 is 2.40 bits per heavy atom. The van der Waals surface area contributed by atoms with Crippen molar-refractivity contribution in [3.05, 3.63) is 12.4 Å². The summed E-state index contributed by atoms with van der Waals surface area (Å²) < 4.78 is 7.04. The predicted octanol–water partition coefficient (Wildman–Crippen LogP) is 1.30. The van der Waals surface area contributed by atoms with Crippen LogP contribution in [0.4, 0.5) is 0 Å². The summed E-state index contributed by atoms with van der Waals surface area (Å²) in [6, 6.07) is 0. The Balaban J connectivity index is 2.59. The average Bonchev–Trinajstić information content (AvgIpc) is 2.37. The third-order valence-corrected chi connectivity index (χ3v) is 1.24. The van der Waals surface area contributed by atoms with Gasteiger partial charge >= 0.3 is 0 Å². The third kappa shape index (κ3) is 1.50. The van der Waals surface area contributed by atoms with Gasteiger partial charge in [0.05, 0.1) is 19.0 Å². The molecule has 0 N–H and O–H groups in total. The van der Waals surface area contributed by atoms with Gasteiger partial charge in [-0.3, -0.25) is 4.68 Å². The highest BCUT2D eigenvalue weighted by molar-refractivity contribution is 5.11. The van der Waals surface area contributed by atoms with Gasteiger partial charge in [0.1, 0.15) is 0 Å². The molecular formula is C7H12N2O. The van der Waals surface area contributed by atoms with E-state index in [9.17, 15) is 0 Å². The van der Waals surface area contributed by atoms with Crippen LogP contribution < -0.4 is 4.74 Å². The van der Waals surface area contributed by atoms with E-state index in [0.29, 0.717) is 6.61 Å². The summed E-state index contributed by atoms with van der Waals surface area (Å²) in [5.41, 5.74) is 0. The molecule has 10 heavy (non-hydrogen) atoms. The topological polar surface area (TPSA) is 27.1 Å². The van der Waals surface area contributed by atoms with E-state index in [1.54, 1.807) is 6.20 Å². The van der Waals surface area contributed by atoms with Crippen LogP contribution in [0.3, 0.4) is 0 Å². The highest BCUT2D eigenvalue weighted by Crippen LogP contribution is 2.06. The molecule has 0 aliphatic carbocycles. The molecule has 0 spiro atoms. The number of aromatic nitrogens is 2. The fraction of sp³-hybridized carbons (Fsp3) is 0.571. The number of rotatable bonds is 3. The molecule has 56 valence electrons. The minimum atomic E-state index is 0.704. The lowest BCUT2D eigenvalue weighted by atomic mass is 10.6. The molecule has 0 saturated heterocycles. The van der Waals surface area contributed by atoms with Crippen LogP contribution in [0, 0.1) is 0 Å². The van der Waals surface area contributed by atoms with Gasteiger partial charge in [0.15, 0.2) is 5.75 Å². The van der Waals surface area contributed by atoms with Gasteiger partial charge in [-0.2, -0.15) is 5.10 Å². The molecule has 0 atom stereocenters. The minimum absolute atomic E-state index is 0.704. The van der Waals surface area contributed by atoms with E-state index in [4.69, 9.17) is 4.74 Å². The highest BCUT2D eigenvalue weighted by Gasteiger charge is 1.93. The number of hydrogen-bond donors (Lipinski definition) is 0. The van der Waals surface area contributed by atoms with Crippen molar-refractivity contribution in [3.8, 4) is 5.75 Å². The zero-order chi connectivity index (χ0) is 7.40. The molecule has 0 fully saturated rings. The van der Waals surface area contributed by atoms with Crippen LogP contribution in [0.15, 0.2) is 12.4 Å². The molecule has 0 aliphatic rings. The molecule has 0 aliphatic heterocycles. The van der Waals surface area contributed by atoms with E-state index in [0.717, 1.165) is 12.3 Å². The molecule has 0 unspecified atom stereocenters. The van der Waals surface area contributed by atoms with Crippen molar-refractivity contribution in [2.45, 2.75) is 20.4 Å². The smallest absolute Gasteiger partial charge is 0.157 e. The second-order valence-corrected chi connectivity index (χ2v) is 1.96. The van der Waals surface area contributed by atoms with Crippen molar-refractivity contribution in [3.63, 3.8) is 0 Å². The maximum atomic E-state index is 5.20. The summed E-state index contributed by atoms with van der Waals surface area (Å²) in [7, 11) is 0. The third-order valence-electron chi connectivity index (χ3n) is 1.24. The molecule has 1 heterocycles. The van der Waals surface area contributed by atoms with Crippen molar-refractivity contribution < 1.29 is 4.74 Å². The fourth-order valence-corrected chi connectivity index (χ4v) is 0.759. The first-order chi connectivity index (χ1) is 4.86. The zero-order valence-electron chi connectivity index (χ0n) is 6.37. The van der Waals surface area contributed by atoms with E-state index in [-0.39, 0.29) is 0 Å². The molecule has 0 amide bonds. The van der Waals surface area contributed by atoms with E-state index in [1.807, 2.05) is 24.7 Å². The van der Waals surface area contributed by atoms with E-state index in [2.05, 4.69) is 5.10 Å². The molecule has 3 nitrogen and oxygen atoms in total. The minimum Gasteiger partial charge on any atom is -0.491 e. The molecule has 1 rings (SSSR count). The van der Waals surface area contributed by atoms with Gasteiger partial charge in [-0.15, -0.1) is 0 Å². The number of hydrogen-bond acceptors (Lipinski definition) is 2. The quantitative estimate of drug-likeness (QED) is 0.632. The second kappa shape index (κ2) is 3.25. The van der Waals surface area contributed by atoms with Gasteiger partial charge in [0.2, 0.25) is 0 Å². The molecule has 1 aromatic heterocycles. The number of nitrogens with zero attached hydrogens (tertiary/aromatic N) is 2. The first-order valence-electron chi connectivity index (χ1n) is 3.52. The van der Waals surface area contributed by atoms with Gasteiger partial charge in [0.25, 0.3) is 0 Å². The van der Waals surface area contributed by atoms with Gasteiger partial charge in [-0.25, -0.2) is 0 Å². The summed E-state index contributed by atoms with van der Waals surface area (Å²) in [6.45, 7) is 5.61. The van der Waals surface area contributed by atoms with Crippen molar-refractivity contribution in [1.29, 1.82) is 0 Å². The van der Waals surface area contributed by atoms with Crippen molar-refractivity contribution in [2.75, 3.05) is 6.61 Å². The first kappa shape index (κ1) is 7.12. The Bertz CT molecular complexity index is 195. The molecule has 0 saturated carbocycles. The molecule has 0 bridgehead atoms.